The van der Waals surface area contributed by atoms with Crippen LogP contribution in [0.3, 0.4) is 0 Å². The molecule has 0 bridgehead atoms. The molecule has 258 valence electrons. The summed E-state index contributed by atoms with van der Waals surface area (Å²) < 4.78 is 0. The van der Waals surface area contributed by atoms with E-state index in [9.17, 15) is 14.4 Å². The van der Waals surface area contributed by atoms with E-state index >= 15 is 0 Å². The van der Waals surface area contributed by atoms with E-state index in [2.05, 4.69) is 16.0 Å². The molecule has 3 aromatic carbocycles. The zero-order valence-corrected chi connectivity index (χ0v) is 30.5. The lowest BCUT2D eigenvalue weighted by molar-refractivity contribution is -0.128. The van der Waals surface area contributed by atoms with Crippen LogP contribution >= 0.6 is 34.8 Å². The van der Waals surface area contributed by atoms with Crippen LogP contribution in [0, 0.1) is 0 Å². The summed E-state index contributed by atoms with van der Waals surface area (Å²) in [7, 11) is 5.52. The molecule has 3 aliphatic rings. The van der Waals surface area contributed by atoms with E-state index in [1.807, 2.05) is 93.9 Å². The van der Waals surface area contributed by atoms with Gasteiger partial charge in [-0.3, -0.25) is 14.4 Å². The fourth-order valence-electron chi connectivity index (χ4n) is 7.56. The standard InChI is InChI=1S/3C13H16ClNO/c3*1-15-13(9-5-4-8-12(13)16)10-6-2-3-7-11(10)14/h3*2-3,6-7,15H,4-5,8-9H2,1H3/t2*13-;/m10./s1. The molecule has 0 saturated heterocycles. The highest BCUT2D eigenvalue weighted by atomic mass is 35.5. The van der Waals surface area contributed by atoms with Crippen molar-refractivity contribution in [2.24, 2.45) is 0 Å². The predicted octanol–water partition coefficient (Wildman–Crippen LogP) is 8.69. The second-order valence-electron chi connectivity index (χ2n) is 12.8. The predicted molar refractivity (Wildman–Crippen MR) is 197 cm³/mol. The smallest absolute Gasteiger partial charge is 0.157 e. The van der Waals surface area contributed by atoms with Gasteiger partial charge in [-0.05, 0) is 94.6 Å². The molecule has 0 aromatic heterocycles. The SMILES string of the molecule is CNC1(c2ccccc2Cl)CCCCC1=O.CN[C@@]1(c2ccccc2Cl)CCCCC1=O.CN[C@]1(c2ccccc2Cl)CCCCC1=O. The molecule has 0 amide bonds. The summed E-state index contributed by atoms with van der Waals surface area (Å²) in [6.07, 6.45) is 10.6. The minimum absolute atomic E-state index is 0.259. The Balaban J connectivity index is 0.000000163. The minimum atomic E-state index is -0.559. The van der Waals surface area contributed by atoms with Gasteiger partial charge >= 0.3 is 0 Å². The molecule has 6 nitrogen and oxygen atoms in total. The van der Waals surface area contributed by atoms with Crippen LogP contribution in [0.4, 0.5) is 0 Å². The molecule has 3 aliphatic carbocycles. The molecular formula is C39H48Cl3N3O3. The van der Waals surface area contributed by atoms with Gasteiger partial charge in [0.25, 0.3) is 0 Å². The lowest BCUT2D eigenvalue weighted by Gasteiger charge is -2.36. The molecule has 0 spiro atoms. The highest BCUT2D eigenvalue weighted by Gasteiger charge is 2.43. The quantitative estimate of drug-likeness (QED) is 0.237. The van der Waals surface area contributed by atoms with E-state index in [4.69, 9.17) is 34.8 Å². The van der Waals surface area contributed by atoms with Gasteiger partial charge in [-0.2, -0.15) is 0 Å². The lowest BCUT2D eigenvalue weighted by atomic mass is 9.75. The Morgan fingerprint density at radius 2 is 0.688 bits per heavy atom. The number of carbonyl (C=O) groups excluding carboxylic acids is 3. The number of carbonyl (C=O) groups is 3. The average Bonchev–Trinajstić information content (AvgIpc) is 3.11. The van der Waals surface area contributed by atoms with Gasteiger partial charge in [0.15, 0.2) is 17.3 Å². The molecule has 0 aliphatic heterocycles. The number of Topliss-reactive ketones (excluding diaryl/α,β-unsaturated/α-hetero) is 3. The van der Waals surface area contributed by atoms with E-state index in [0.717, 1.165) is 74.5 Å². The van der Waals surface area contributed by atoms with E-state index in [1.54, 1.807) is 0 Å². The molecule has 1 unspecified atom stereocenters. The summed E-state index contributed by atoms with van der Waals surface area (Å²) in [5, 5.41) is 11.6. The Hall–Kier alpha value is -2.58. The lowest BCUT2D eigenvalue weighted by Crippen LogP contribution is -2.49. The van der Waals surface area contributed by atoms with E-state index in [-0.39, 0.29) is 17.3 Å². The fraction of sp³-hybridized carbons (Fsp3) is 0.462. The van der Waals surface area contributed by atoms with Crippen LogP contribution in [0.25, 0.3) is 0 Å². The summed E-state index contributed by atoms with van der Waals surface area (Å²) in [5.74, 6) is 0.776. The third-order valence-corrected chi connectivity index (χ3v) is 11.3. The van der Waals surface area contributed by atoms with Crippen LogP contribution in [0.5, 0.6) is 0 Å². The van der Waals surface area contributed by atoms with Crippen molar-refractivity contribution in [3.05, 3.63) is 105 Å². The van der Waals surface area contributed by atoms with Crippen LogP contribution in [-0.2, 0) is 31.0 Å². The van der Waals surface area contributed by atoms with Gasteiger partial charge in [0, 0.05) is 34.3 Å². The van der Waals surface area contributed by atoms with Crippen molar-refractivity contribution < 1.29 is 14.4 Å². The molecule has 3 fully saturated rings. The van der Waals surface area contributed by atoms with Crippen molar-refractivity contribution in [2.45, 2.75) is 93.7 Å². The first-order valence-corrected chi connectivity index (χ1v) is 18.2. The molecule has 3 N–H and O–H groups in total. The number of rotatable bonds is 6. The van der Waals surface area contributed by atoms with Crippen molar-refractivity contribution in [3.8, 4) is 0 Å². The average molecular weight is 713 g/mol. The normalized spacial score (nSPS) is 25.8. The maximum Gasteiger partial charge on any atom is 0.157 e. The second-order valence-corrected chi connectivity index (χ2v) is 14.0. The van der Waals surface area contributed by atoms with Gasteiger partial charge in [0.2, 0.25) is 0 Å². The van der Waals surface area contributed by atoms with Gasteiger partial charge in [0.1, 0.15) is 16.6 Å². The number of likely N-dealkylation sites (N-methyl/N-ethyl adjacent to an activating group) is 3. The van der Waals surface area contributed by atoms with Crippen LogP contribution in [0.15, 0.2) is 72.8 Å². The molecule has 3 saturated carbocycles. The molecule has 0 heterocycles. The van der Waals surface area contributed by atoms with Crippen LogP contribution < -0.4 is 16.0 Å². The zero-order chi connectivity index (χ0) is 34.8. The molecule has 48 heavy (non-hydrogen) atoms. The Morgan fingerprint density at radius 3 is 0.896 bits per heavy atom. The van der Waals surface area contributed by atoms with E-state index < -0.39 is 16.6 Å². The van der Waals surface area contributed by atoms with Crippen LogP contribution in [0.2, 0.25) is 15.1 Å². The van der Waals surface area contributed by atoms with Gasteiger partial charge in [-0.1, -0.05) is 109 Å². The highest BCUT2D eigenvalue weighted by Crippen LogP contribution is 2.39. The second kappa shape index (κ2) is 17.4. The maximum absolute atomic E-state index is 12.2. The molecule has 0 radical (unpaired) electrons. The fourth-order valence-corrected chi connectivity index (χ4v) is 8.45. The van der Waals surface area contributed by atoms with Crippen molar-refractivity contribution in [1.82, 2.24) is 16.0 Å². The Kier molecular flexibility index (Phi) is 13.8. The summed E-state index contributed by atoms with van der Waals surface area (Å²) in [6.45, 7) is 0. The summed E-state index contributed by atoms with van der Waals surface area (Å²) in [5.41, 5.74) is 1.08. The van der Waals surface area contributed by atoms with E-state index in [1.165, 1.54) is 0 Å². The number of hydrogen-bond acceptors (Lipinski definition) is 6. The summed E-state index contributed by atoms with van der Waals surface area (Å²) in [6, 6.07) is 22.8. The number of hydrogen-bond donors (Lipinski definition) is 3. The van der Waals surface area contributed by atoms with Gasteiger partial charge in [-0.25, -0.2) is 0 Å². The van der Waals surface area contributed by atoms with Crippen LogP contribution in [-0.4, -0.2) is 38.5 Å². The van der Waals surface area contributed by atoms with Crippen molar-refractivity contribution >= 4 is 52.2 Å². The molecule has 3 atom stereocenters. The molecule has 3 aromatic rings. The Labute approximate surface area is 300 Å². The first-order valence-electron chi connectivity index (χ1n) is 17.0. The van der Waals surface area contributed by atoms with Crippen molar-refractivity contribution in [1.29, 1.82) is 0 Å². The zero-order valence-electron chi connectivity index (χ0n) is 28.3. The number of benzene rings is 3. The third-order valence-electron chi connectivity index (χ3n) is 10.3. The highest BCUT2D eigenvalue weighted by molar-refractivity contribution is 6.32. The number of nitrogens with one attached hydrogen (secondary N) is 3. The third kappa shape index (κ3) is 7.90. The molecular weight excluding hydrogens is 665 g/mol. The Bertz CT molecular complexity index is 1400. The van der Waals surface area contributed by atoms with Gasteiger partial charge < -0.3 is 16.0 Å². The van der Waals surface area contributed by atoms with Gasteiger partial charge in [0.05, 0.1) is 0 Å². The summed E-state index contributed by atoms with van der Waals surface area (Å²) in [4.78, 5) is 36.5. The number of ketones is 3. The first kappa shape index (κ1) is 38.2. The van der Waals surface area contributed by atoms with Crippen molar-refractivity contribution in [2.75, 3.05) is 21.1 Å². The van der Waals surface area contributed by atoms with Crippen molar-refractivity contribution in [3.63, 3.8) is 0 Å². The topological polar surface area (TPSA) is 87.3 Å². The summed E-state index contributed by atoms with van der Waals surface area (Å²) >= 11 is 18.6. The van der Waals surface area contributed by atoms with Crippen LogP contribution in [0.1, 0.15) is 93.7 Å². The first-order chi connectivity index (χ1) is 23.1. The monoisotopic (exact) mass is 711 g/mol. The van der Waals surface area contributed by atoms with E-state index in [0.29, 0.717) is 34.3 Å². The molecule has 6 rings (SSSR count). The molecule has 9 heteroatoms. The Morgan fingerprint density at radius 1 is 0.438 bits per heavy atom. The maximum atomic E-state index is 12.2. The number of halogens is 3. The largest absolute Gasteiger partial charge is 0.304 e. The van der Waals surface area contributed by atoms with Gasteiger partial charge in [-0.15, -0.1) is 0 Å². The minimum Gasteiger partial charge on any atom is -0.304 e.